The molecular formula is C34H61BO2. The van der Waals surface area contributed by atoms with Crippen LogP contribution in [0.1, 0.15) is 168 Å². The molecule has 3 heteroatoms. The van der Waals surface area contributed by atoms with Crippen LogP contribution in [-0.4, -0.2) is 12.9 Å². The first kappa shape index (κ1) is 33.9. The van der Waals surface area contributed by atoms with Gasteiger partial charge in [0, 0.05) is 0 Å². The summed E-state index contributed by atoms with van der Waals surface area (Å²) >= 11 is 0. The molecule has 1 aromatic rings. The first-order valence-electron chi connectivity index (χ1n) is 16.1. The molecule has 1 rings (SSSR count). The molecule has 0 radical (unpaired) electrons. The Morgan fingerprint density at radius 1 is 0.730 bits per heavy atom. The van der Waals surface area contributed by atoms with Gasteiger partial charge in [-0.25, -0.2) is 0 Å². The molecule has 0 amide bonds. The fraction of sp³-hybridized carbons (Fsp3) is 0.824. The third kappa shape index (κ3) is 14.0. The van der Waals surface area contributed by atoms with Crippen molar-refractivity contribution in [1.29, 1.82) is 0 Å². The second kappa shape index (κ2) is 19.9. The summed E-state index contributed by atoms with van der Waals surface area (Å²) in [5.74, 6) is 2.17. The topological polar surface area (TPSA) is 26.3 Å². The molecule has 212 valence electrons. The summed E-state index contributed by atoms with van der Waals surface area (Å²) < 4.78 is 6.12. The zero-order chi connectivity index (χ0) is 27.4. The van der Waals surface area contributed by atoms with E-state index in [2.05, 4.69) is 66.5 Å². The molecule has 0 fully saturated rings. The van der Waals surface area contributed by atoms with Crippen molar-refractivity contribution >= 4 is 12.9 Å². The van der Waals surface area contributed by atoms with E-state index in [1.807, 2.05) is 0 Å². The third-order valence-corrected chi connectivity index (χ3v) is 8.52. The van der Waals surface area contributed by atoms with Gasteiger partial charge in [0.15, 0.2) is 0 Å². The average molecular weight is 513 g/mol. The molecule has 0 spiro atoms. The van der Waals surface area contributed by atoms with Crippen molar-refractivity contribution in [2.75, 3.05) is 0 Å². The Morgan fingerprint density at radius 2 is 1.24 bits per heavy atom. The van der Waals surface area contributed by atoms with Crippen LogP contribution in [0.25, 0.3) is 0 Å². The molecule has 0 saturated carbocycles. The van der Waals surface area contributed by atoms with E-state index in [4.69, 9.17) is 4.74 Å². The Balaban J connectivity index is 2.89. The molecule has 1 heterocycles. The van der Waals surface area contributed by atoms with Crippen LogP contribution in [0.4, 0.5) is 0 Å². The van der Waals surface area contributed by atoms with Gasteiger partial charge >= 0.3 is 233 Å². The van der Waals surface area contributed by atoms with Crippen LogP contribution < -0.4 is 0 Å². The zero-order valence-electron chi connectivity index (χ0n) is 25.8. The second-order valence-electron chi connectivity index (χ2n) is 12.4. The second-order valence-corrected chi connectivity index (χ2v) is 12.4. The summed E-state index contributed by atoms with van der Waals surface area (Å²) in [5.41, 5.74) is 2.53. The van der Waals surface area contributed by atoms with E-state index in [-0.39, 0.29) is 11.4 Å². The van der Waals surface area contributed by atoms with Gasteiger partial charge < -0.3 is 0 Å². The van der Waals surface area contributed by atoms with Crippen LogP contribution in [0.15, 0.2) is 18.1 Å². The van der Waals surface area contributed by atoms with E-state index in [0.717, 1.165) is 32.1 Å². The zero-order valence-corrected chi connectivity index (χ0v) is 25.8. The van der Waals surface area contributed by atoms with Gasteiger partial charge in [-0.2, -0.15) is 0 Å². The van der Waals surface area contributed by atoms with Crippen LogP contribution in [0.5, 0.6) is 0 Å². The van der Waals surface area contributed by atoms with Crippen molar-refractivity contribution in [1.82, 2.24) is 0 Å². The quantitative estimate of drug-likeness (QED) is 0.108. The summed E-state index contributed by atoms with van der Waals surface area (Å²) in [5, 5.41) is 0. The van der Waals surface area contributed by atoms with Gasteiger partial charge in [-0.1, -0.05) is 0 Å². The standard InChI is InChI=1S/C34H61BO2/c1-7-11-15-18-24-33(5,23-14-10-4)28-31-30(22-21-27-35-31)29-37-32(36)34(6,25-19-16-12-8-2)26-20-17-13-9-3/h21-22,27H,7-20,23-26,28-29H2,1-6H3. The first-order valence-corrected chi connectivity index (χ1v) is 16.1. The normalized spacial score (nSPS) is 13.4. The fourth-order valence-electron chi connectivity index (χ4n) is 5.74. The maximum atomic E-state index is 13.5. The van der Waals surface area contributed by atoms with Gasteiger partial charge in [-0.15, -0.1) is 0 Å². The van der Waals surface area contributed by atoms with Gasteiger partial charge in [0.25, 0.3) is 0 Å². The molecule has 0 aliphatic carbocycles. The number of carbonyl (C=O) groups is 1. The first-order chi connectivity index (χ1) is 17.8. The Kier molecular flexibility index (Phi) is 18.2. The van der Waals surface area contributed by atoms with E-state index in [9.17, 15) is 4.79 Å². The molecule has 2 nitrogen and oxygen atoms in total. The molecule has 0 bridgehead atoms. The van der Waals surface area contributed by atoms with Crippen molar-refractivity contribution in [3.05, 3.63) is 29.1 Å². The summed E-state index contributed by atoms with van der Waals surface area (Å²) in [6.07, 6.45) is 23.0. The number of hydrogen-bond donors (Lipinski definition) is 0. The predicted octanol–water partition coefficient (Wildman–Crippen LogP) is 10.7. The monoisotopic (exact) mass is 512 g/mol. The minimum absolute atomic E-state index is 0.0172. The molecule has 0 aliphatic heterocycles. The van der Waals surface area contributed by atoms with E-state index >= 15 is 0 Å². The summed E-state index contributed by atoms with van der Waals surface area (Å²) in [4.78, 5) is 13.5. The van der Waals surface area contributed by atoms with Crippen molar-refractivity contribution in [3.8, 4) is 0 Å². The van der Waals surface area contributed by atoms with E-state index < -0.39 is 0 Å². The van der Waals surface area contributed by atoms with Gasteiger partial charge in [0.1, 0.15) is 0 Å². The molecule has 1 unspecified atom stereocenters. The van der Waals surface area contributed by atoms with Crippen LogP contribution in [-0.2, 0) is 22.6 Å². The van der Waals surface area contributed by atoms with Crippen LogP contribution in [0.3, 0.4) is 0 Å². The number of hydrogen-bond acceptors (Lipinski definition) is 2. The molecule has 1 aromatic heterocycles. The van der Waals surface area contributed by atoms with Crippen molar-refractivity contribution < 1.29 is 9.53 Å². The van der Waals surface area contributed by atoms with E-state index in [0.29, 0.717) is 12.0 Å². The number of esters is 1. The Morgan fingerprint density at radius 3 is 1.78 bits per heavy atom. The fourth-order valence-corrected chi connectivity index (χ4v) is 5.74. The molecule has 0 N–H and O–H groups in total. The van der Waals surface area contributed by atoms with Gasteiger partial charge in [0.05, 0.1) is 0 Å². The van der Waals surface area contributed by atoms with Gasteiger partial charge in [0.2, 0.25) is 0 Å². The SMILES string of the molecule is CCCCCCC(C)(CCCC)Cc1bcccc1COC(=O)C(C)(CCCCCC)CCCCCC. The number of ether oxygens (including phenoxy) is 1. The molecule has 0 aliphatic rings. The molecule has 1 atom stereocenters. The Bertz CT molecular complexity index is 704. The maximum absolute atomic E-state index is 13.5. The summed E-state index contributed by atoms with van der Waals surface area (Å²) in [7, 11) is 0. The van der Waals surface area contributed by atoms with Gasteiger partial charge in [-0.05, 0) is 0 Å². The minimum atomic E-state index is -0.356. The predicted molar refractivity (Wildman–Crippen MR) is 163 cm³/mol. The van der Waals surface area contributed by atoms with Crippen molar-refractivity contribution in [2.24, 2.45) is 10.8 Å². The number of unbranched alkanes of at least 4 members (excludes halogenated alkanes) is 10. The van der Waals surface area contributed by atoms with Crippen molar-refractivity contribution in [2.45, 2.75) is 170 Å². The summed E-state index contributed by atoms with van der Waals surface area (Å²) in [6, 6.07) is 4.28. The van der Waals surface area contributed by atoms with Crippen molar-refractivity contribution in [3.63, 3.8) is 0 Å². The van der Waals surface area contributed by atoms with E-state index in [1.54, 1.807) is 0 Å². The number of rotatable bonds is 23. The van der Waals surface area contributed by atoms with Crippen LogP contribution in [0.2, 0.25) is 0 Å². The van der Waals surface area contributed by atoms with E-state index in [1.165, 1.54) is 101 Å². The number of carbonyl (C=O) groups excluding carboxylic acids is 1. The third-order valence-electron chi connectivity index (χ3n) is 8.52. The van der Waals surface area contributed by atoms with Crippen LogP contribution in [0, 0.1) is 10.8 Å². The molecule has 0 aromatic carbocycles. The molecule has 0 saturated heterocycles. The average Bonchev–Trinajstić information content (AvgIpc) is 2.90. The summed E-state index contributed by atoms with van der Waals surface area (Å²) in [6.45, 7) is 16.4. The Labute approximate surface area is 232 Å². The molecular weight excluding hydrogens is 451 g/mol. The Hall–Kier alpha value is -1.12. The molecule has 37 heavy (non-hydrogen) atoms. The van der Waals surface area contributed by atoms with Crippen LogP contribution >= 0.6 is 0 Å². The van der Waals surface area contributed by atoms with Gasteiger partial charge in [-0.3, -0.25) is 0 Å².